The molecule has 0 unspecified atom stereocenters. The molecule has 9 heteroatoms. The number of hydrogen-bond acceptors (Lipinski definition) is 4. The van der Waals surface area contributed by atoms with Gasteiger partial charge in [0.05, 0.1) is 33.4 Å². The maximum atomic E-state index is 13.3. The maximum Gasteiger partial charge on any atom is 0.279 e. The fourth-order valence-corrected chi connectivity index (χ4v) is 3.85. The smallest absolute Gasteiger partial charge is 0.279 e. The predicted molar refractivity (Wildman–Crippen MR) is 129 cm³/mol. The van der Waals surface area contributed by atoms with Gasteiger partial charge in [-0.25, -0.2) is 0 Å². The summed E-state index contributed by atoms with van der Waals surface area (Å²) in [6.45, 7) is -0.277. The van der Waals surface area contributed by atoms with Gasteiger partial charge in [-0.05, 0) is 30.3 Å². The number of rotatable bonds is 5. The van der Waals surface area contributed by atoms with Gasteiger partial charge in [-0.15, -0.1) is 0 Å². The van der Waals surface area contributed by atoms with Crippen molar-refractivity contribution in [1.82, 2.24) is 14.7 Å². The molecule has 0 aliphatic carbocycles. The molecular formula is C24H18Cl2N4O3. The van der Waals surface area contributed by atoms with Crippen LogP contribution in [-0.4, -0.2) is 40.1 Å². The quantitative estimate of drug-likeness (QED) is 0.458. The minimum Gasteiger partial charge on any atom is -0.331 e. The highest BCUT2D eigenvalue weighted by Gasteiger charge is 2.22. The molecule has 0 saturated carbocycles. The van der Waals surface area contributed by atoms with Crippen molar-refractivity contribution < 1.29 is 9.59 Å². The van der Waals surface area contributed by atoms with Crippen LogP contribution in [-0.2, 0) is 4.79 Å². The first-order valence-electron chi connectivity index (χ1n) is 9.93. The van der Waals surface area contributed by atoms with E-state index in [-0.39, 0.29) is 33.5 Å². The molecule has 0 radical (unpaired) electrons. The van der Waals surface area contributed by atoms with E-state index in [2.05, 4.69) is 10.4 Å². The van der Waals surface area contributed by atoms with E-state index in [1.807, 2.05) is 6.07 Å². The van der Waals surface area contributed by atoms with Crippen molar-refractivity contribution in [3.63, 3.8) is 0 Å². The van der Waals surface area contributed by atoms with E-state index in [9.17, 15) is 14.4 Å². The first-order valence-corrected chi connectivity index (χ1v) is 10.7. The average Bonchev–Trinajstić information content (AvgIpc) is 2.82. The lowest BCUT2D eigenvalue weighted by atomic mass is 10.1. The van der Waals surface area contributed by atoms with Gasteiger partial charge >= 0.3 is 0 Å². The summed E-state index contributed by atoms with van der Waals surface area (Å²) in [5.74, 6) is -1.00. The van der Waals surface area contributed by atoms with Crippen LogP contribution < -0.4 is 10.9 Å². The molecule has 1 heterocycles. The van der Waals surface area contributed by atoms with Crippen molar-refractivity contribution in [1.29, 1.82) is 0 Å². The molecule has 0 aliphatic rings. The fourth-order valence-electron chi connectivity index (χ4n) is 3.36. The number of amides is 2. The Bertz CT molecular complexity index is 1400. The molecule has 0 atom stereocenters. The zero-order valence-corrected chi connectivity index (χ0v) is 19.0. The first kappa shape index (κ1) is 22.5. The Labute approximate surface area is 199 Å². The Kier molecular flexibility index (Phi) is 6.44. The molecule has 0 bridgehead atoms. The highest BCUT2D eigenvalue weighted by Crippen LogP contribution is 2.29. The number of halogens is 2. The number of hydrogen-bond donors (Lipinski definition) is 1. The molecule has 4 rings (SSSR count). The molecule has 0 spiro atoms. The van der Waals surface area contributed by atoms with Crippen LogP contribution in [0.4, 0.5) is 5.69 Å². The van der Waals surface area contributed by atoms with Gasteiger partial charge < -0.3 is 10.2 Å². The van der Waals surface area contributed by atoms with Gasteiger partial charge in [-0.3, -0.25) is 14.4 Å². The second kappa shape index (κ2) is 9.44. The van der Waals surface area contributed by atoms with Crippen LogP contribution in [0.3, 0.4) is 0 Å². The van der Waals surface area contributed by atoms with E-state index in [0.717, 1.165) is 0 Å². The number of para-hydroxylation sites is 2. The third-order valence-electron chi connectivity index (χ3n) is 4.96. The minimum atomic E-state index is -0.517. The predicted octanol–water partition coefficient (Wildman–Crippen LogP) is 4.40. The van der Waals surface area contributed by atoms with Crippen LogP contribution in [0.25, 0.3) is 16.5 Å². The summed E-state index contributed by atoms with van der Waals surface area (Å²) in [4.78, 5) is 40.1. The second-order valence-corrected chi connectivity index (χ2v) is 8.07. The zero-order chi connectivity index (χ0) is 23.5. The summed E-state index contributed by atoms with van der Waals surface area (Å²) in [5, 5.41) is 8.30. The summed E-state index contributed by atoms with van der Waals surface area (Å²) < 4.78 is 1.19. The van der Waals surface area contributed by atoms with Gasteiger partial charge in [0, 0.05) is 12.4 Å². The Balaban J connectivity index is 1.67. The van der Waals surface area contributed by atoms with Crippen LogP contribution >= 0.6 is 23.2 Å². The monoisotopic (exact) mass is 480 g/mol. The summed E-state index contributed by atoms with van der Waals surface area (Å²) >= 11 is 12.2. The van der Waals surface area contributed by atoms with Gasteiger partial charge in [0.15, 0.2) is 5.69 Å². The number of benzene rings is 3. The van der Waals surface area contributed by atoms with Gasteiger partial charge in [0.25, 0.3) is 11.5 Å². The number of fused-ring (bicyclic) bond motifs is 1. The van der Waals surface area contributed by atoms with Gasteiger partial charge in [-0.1, -0.05) is 65.7 Å². The van der Waals surface area contributed by atoms with E-state index >= 15 is 0 Å². The third-order valence-corrected chi connectivity index (χ3v) is 5.59. The van der Waals surface area contributed by atoms with E-state index < -0.39 is 11.8 Å². The molecule has 4 aromatic rings. The number of aromatic nitrogens is 2. The van der Waals surface area contributed by atoms with Crippen molar-refractivity contribution in [2.45, 2.75) is 0 Å². The largest absolute Gasteiger partial charge is 0.331 e. The fraction of sp³-hybridized carbons (Fsp3) is 0.0833. The Morgan fingerprint density at radius 1 is 0.909 bits per heavy atom. The molecule has 0 aliphatic heterocycles. The van der Waals surface area contributed by atoms with Gasteiger partial charge in [0.2, 0.25) is 5.91 Å². The van der Waals surface area contributed by atoms with Crippen molar-refractivity contribution >= 4 is 51.5 Å². The highest BCUT2D eigenvalue weighted by molar-refractivity contribution is 6.39. The standard InChI is InChI=1S/C24H18Cl2N4O3/c1-29(14-20(31)27-22-18(25)12-7-13-19(22)26)24(33)21-16-10-5-6-11-17(16)23(32)30(28-21)15-8-3-2-4-9-15/h2-13H,14H2,1H3,(H,27,31). The number of nitrogens with one attached hydrogen (secondary N) is 1. The molecule has 1 N–H and O–H groups in total. The zero-order valence-electron chi connectivity index (χ0n) is 17.5. The number of carbonyl (C=O) groups is 2. The Hall–Kier alpha value is -3.68. The van der Waals surface area contributed by atoms with Gasteiger partial charge in [-0.2, -0.15) is 9.78 Å². The molecule has 1 aromatic heterocycles. The second-order valence-electron chi connectivity index (χ2n) is 7.25. The molecule has 33 heavy (non-hydrogen) atoms. The van der Waals surface area contributed by atoms with Crippen molar-refractivity contribution in [3.05, 3.63) is 98.9 Å². The summed E-state index contributed by atoms with van der Waals surface area (Å²) in [6, 6.07) is 20.4. The van der Waals surface area contributed by atoms with Crippen molar-refractivity contribution in [3.8, 4) is 5.69 Å². The number of nitrogens with zero attached hydrogens (tertiary/aromatic N) is 3. The van der Waals surface area contributed by atoms with Crippen LogP contribution in [0, 0.1) is 0 Å². The lowest BCUT2D eigenvalue weighted by Gasteiger charge is -2.18. The SMILES string of the molecule is CN(CC(=O)Nc1c(Cl)cccc1Cl)C(=O)c1nn(-c2ccccc2)c(=O)c2ccccc12. The lowest BCUT2D eigenvalue weighted by Crippen LogP contribution is -2.37. The number of likely N-dealkylation sites (N-methyl/N-ethyl adjacent to an activating group) is 1. The van der Waals surface area contributed by atoms with Crippen LogP contribution in [0.5, 0.6) is 0 Å². The third kappa shape index (κ3) is 4.60. The molecule has 2 amide bonds. The van der Waals surface area contributed by atoms with E-state index in [1.54, 1.807) is 66.7 Å². The Morgan fingerprint density at radius 2 is 1.52 bits per heavy atom. The van der Waals surface area contributed by atoms with E-state index in [0.29, 0.717) is 16.5 Å². The molecule has 3 aromatic carbocycles. The van der Waals surface area contributed by atoms with Gasteiger partial charge in [0.1, 0.15) is 0 Å². The van der Waals surface area contributed by atoms with E-state index in [4.69, 9.17) is 23.2 Å². The average molecular weight is 481 g/mol. The molecule has 7 nitrogen and oxygen atoms in total. The van der Waals surface area contributed by atoms with Crippen LogP contribution in [0.2, 0.25) is 10.0 Å². The van der Waals surface area contributed by atoms with Crippen LogP contribution in [0.15, 0.2) is 77.6 Å². The van der Waals surface area contributed by atoms with E-state index in [1.165, 1.54) is 16.6 Å². The topological polar surface area (TPSA) is 84.3 Å². The summed E-state index contributed by atoms with van der Waals surface area (Å²) in [6.07, 6.45) is 0. The molecule has 166 valence electrons. The highest BCUT2D eigenvalue weighted by atomic mass is 35.5. The number of carbonyl (C=O) groups excluding carboxylic acids is 2. The molecule has 0 fully saturated rings. The molecule has 0 saturated heterocycles. The van der Waals surface area contributed by atoms with Crippen molar-refractivity contribution in [2.75, 3.05) is 18.9 Å². The maximum absolute atomic E-state index is 13.3. The van der Waals surface area contributed by atoms with Crippen molar-refractivity contribution in [2.24, 2.45) is 0 Å². The normalized spacial score (nSPS) is 10.8. The number of anilines is 1. The lowest BCUT2D eigenvalue weighted by molar-refractivity contribution is -0.116. The molecular weight excluding hydrogens is 463 g/mol. The minimum absolute atomic E-state index is 0.0557. The summed E-state index contributed by atoms with van der Waals surface area (Å²) in [5.41, 5.74) is 0.506. The first-order chi connectivity index (χ1) is 15.9. The van der Waals surface area contributed by atoms with Crippen LogP contribution in [0.1, 0.15) is 10.5 Å². The Morgan fingerprint density at radius 3 is 2.18 bits per heavy atom. The summed E-state index contributed by atoms with van der Waals surface area (Å²) in [7, 11) is 1.48.